The Hall–Kier alpha value is -2.16. The SMILES string of the molecule is Cc1cc(F)ccc1-c1cccc(C=NN)c1. The van der Waals surface area contributed by atoms with E-state index >= 15 is 0 Å². The minimum Gasteiger partial charge on any atom is -0.323 e. The maximum absolute atomic E-state index is 13.0. The summed E-state index contributed by atoms with van der Waals surface area (Å²) in [7, 11) is 0. The number of hydrogen-bond acceptors (Lipinski definition) is 2. The Balaban J connectivity index is 2.49. The summed E-state index contributed by atoms with van der Waals surface area (Å²) >= 11 is 0. The van der Waals surface area contributed by atoms with E-state index in [2.05, 4.69) is 5.10 Å². The van der Waals surface area contributed by atoms with E-state index in [9.17, 15) is 4.39 Å². The molecule has 0 unspecified atom stereocenters. The van der Waals surface area contributed by atoms with Crippen molar-refractivity contribution < 1.29 is 4.39 Å². The van der Waals surface area contributed by atoms with Gasteiger partial charge in [0.1, 0.15) is 5.82 Å². The summed E-state index contributed by atoms with van der Waals surface area (Å²) in [5.74, 6) is 4.90. The Morgan fingerprint density at radius 2 is 2.00 bits per heavy atom. The van der Waals surface area contributed by atoms with Crippen LogP contribution < -0.4 is 5.84 Å². The van der Waals surface area contributed by atoms with Gasteiger partial charge in [-0.2, -0.15) is 5.10 Å². The maximum atomic E-state index is 13.0. The molecule has 0 saturated carbocycles. The van der Waals surface area contributed by atoms with E-state index in [0.29, 0.717) is 0 Å². The highest BCUT2D eigenvalue weighted by Crippen LogP contribution is 2.24. The minimum atomic E-state index is -0.217. The van der Waals surface area contributed by atoms with Gasteiger partial charge >= 0.3 is 0 Å². The van der Waals surface area contributed by atoms with E-state index in [1.165, 1.54) is 12.1 Å². The van der Waals surface area contributed by atoms with Crippen molar-refractivity contribution in [1.82, 2.24) is 0 Å². The normalized spacial score (nSPS) is 10.9. The van der Waals surface area contributed by atoms with Gasteiger partial charge in [-0.15, -0.1) is 0 Å². The number of halogens is 1. The summed E-state index contributed by atoms with van der Waals surface area (Å²) in [5, 5.41) is 3.49. The van der Waals surface area contributed by atoms with Crippen molar-refractivity contribution in [3.63, 3.8) is 0 Å². The molecule has 0 fully saturated rings. The lowest BCUT2D eigenvalue weighted by Crippen LogP contribution is -1.89. The smallest absolute Gasteiger partial charge is 0.123 e. The Kier molecular flexibility index (Phi) is 3.19. The standard InChI is InChI=1S/C14H13FN2/c1-10-7-13(15)5-6-14(10)12-4-2-3-11(8-12)9-17-16/h2-9H,16H2,1H3. The molecule has 0 spiro atoms. The number of hydrogen-bond donors (Lipinski definition) is 1. The molecule has 17 heavy (non-hydrogen) atoms. The lowest BCUT2D eigenvalue weighted by molar-refractivity contribution is 0.627. The van der Waals surface area contributed by atoms with Crippen LogP contribution in [0.1, 0.15) is 11.1 Å². The van der Waals surface area contributed by atoms with Crippen molar-refractivity contribution in [3.8, 4) is 11.1 Å². The average molecular weight is 228 g/mol. The molecule has 2 aromatic carbocycles. The molecule has 0 heterocycles. The van der Waals surface area contributed by atoms with Crippen LogP contribution in [0.3, 0.4) is 0 Å². The van der Waals surface area contributed by atoms with E-state index in [-0.39, 0.29) is 5.82 Å². The fraction of sp³-hybridized carbons (Fsp3) is 0.0714. The van der Waals surface area contributed by atoms with Gasteiger partial charge in [-0.1, -0.05) is 24.3 Å². The monoisotopic (exact) mass is 228 g/mol. The van der Waals surface area contributed by atoms with Gasteiger partial charge in [-0.25, -0.2) is 4.39 Å². The second-order valence-electron chi connectivity index (χ2n) is 3.86. The van der Waals surface area contributed by atoms with Gasteiger partial charge in [0.15, 0.2) is 0 Å². The number of nitrogens with zero attached hydrogens (tertiary/aromatic N) is 1. The third kappa shape index (κ3) is 2.50. The van der Waals surface area contributed by atoms with Gasteiger partial charge in [0.25, 0.3) is 0 Å². The van der Waals surface area contributed by atoms with Crippen LogP contribution in [-0.2, 0) is 0 Å². The Bertz CT molecular complexity index is 562. The van der Waals surface area contributed by atoms with Gasteiger partial charge in [-0.05, 0) is 47.4 Å². The molecule has 0 aliphatic carbocycles. The molecule has 2 N–H and O–H groups in total. The highest BCUT2D eigenvalue weighted by molar-refractivity contribution is 5.82. The van der Waals surface area contributed by atoms with Crippen molar-refractivity contribution in [2.45, 2.75) is 6.92 Å². The van der Waals surface area contributed by atoms with Gasteiger partial charge in [-0.3, -0.25) is 0 Å². The van der Waals surface area contributed by atoms with Gasteiger partial charge in [0, 0.05) is 0 Å². The van der Waals surface area contributed by atoms with Gasteiger partial charge in [0.2, 0.25) is 0 Å². The quantitative estimate of drug-likeness (QED) is 0.479. The molecule has 0 aromatic heterocycles. The first-order valence-electron chi connectivity index (χ1n) is 5.30. The molecule has 0 radical (unpaired) electrons. The third-order valence-corrected chi connectivity index (χ3v) is 2.61. The van der Waals surface area contributed by atoms with Crippen LogP contribution in [0.4, 0.5) is 4.39 Å². The molecular formula is C14H13FN2. The second-order valence-corrected chi connectivity index (χ2v) is 3.86. The van der Waals surface area contributed by atoms with Crippen LogP contribution in [0.5, 0.6) is 0 Å². The highest BCUT2D eigenvalue weighted by atomic mass is 19.1. The zero-order chi connectivity index (χ0) is 12.3. The molecule has 0 bridgehead atoms. The zero-order valence-electron chi connectivity index (χ0n) is 9.52. The summed E-state index contributed by atoms with van der Waals surface area (Å²) in [6.07, 6.45) is 1.59. The summed E-state index contributed by atoms with van der Waals surface area (Å²) in [4.78, 5) is 0. The summed E-state index contributed by atoms with van der Waals surface area (Å²) < 4.78 is 13.0. The van der Waals surface area contributed by atoms with Crippen LogP contribution in [0, 0.1) is 12.7 Å². The van der Waals surface area contributed by atoms with Crippen molar-refractivity contribution in [2.75, 3.05) is 0 Å². The molecule has 2 rings (SSSR count). The second kappa shape index (κ2) is 4.78. The number of hydrazone groups is 1. The zero-order valence-corrected chi connectivity index (χ0v) is 9.52. The molecule has 0 saturated heterocycles. The number of nitrogens with two attached hydrogens (primary N) is 1. The molecule has 2 nitrogen and oxygen atoms in total. The average Bonchev–Trinajstić information content (AvgIpc) is 2.29. The van der Waals surface area contributed by atoms with Crippen molar-refractivity contribution in [1.29, 1.82) is 0 Å². The van der Waals surface area contributed by atoms with Gasteiger partial charge < -0.3 is 5.84 Å². The van der Waals surface area contributed by atoms with Crippen LogP contribution in [0.2, 0.25) is 0 Å². The first-order valence-corrected chi connectivity index (χ1v) is 5.30. The van der Waals surface area contributed by atoms with Crippen LogP contribution >= 0.6 is 0 Å². The topological polar surface area (TPSA) is 38.4 Å². The molecule has 86 valence electrons. The third-order valence-electron chi connectivity index (χ3n) is 2.61. The van der Waals surface area contributed by atoms with E-state index in [0.717, 1.165) is 22.3 Å². The van der Waals surface area contributed by atoms with Crippen LogP contribution in [0.25, 0.3) is 11.1 Å². The van der Waals surface area contributed by atoms with E-state index in [1.54, 1.807) is 12.3 Å². The molecule has 0 atom stereocenters. The van der Waals surface area contributed by atoms with E-state index < -0.39 is 0 Å². The van der Waals surface area contributed by atoms with Gasteiger partial charge in [0.05, 0.1) is 6.21 Å². The summed E-state index contributed by atoms with van der Waals surface area (Å²) in [6, 6.07) is 12.6. The Morgan fingerprint density at radius 3 is 2.71 bits per heavy atom. The van der Waals surface area contributed by atoms with E-state index in [1.807, 2.05) is 31.2 Å². The number of benzene rings is 2. The Morgan fingerprint density at radius 1 is 1.18 bits per heavy atom. The lowest BCUT2D eigenvalue weighted by atomic mass is 9.99. The highest BCUT2D eigenvalue weighted by Gasteiger charge is 2.03. The largest absolute Gasteiger partial charge is 0.323 e. The van der Waals surface area contributed by atoms with Crippen molar-refractivity contribution >= 4 is 6.21 Å². The predicted octanol–water partition coefficient (Wildman–Crippen LogP) is 3.09. The molecule has 0 amide bonds. The van der Waals surface area contributed by atoms with Crippen LogP contribution in [-0.4, -0.2) is 6.21 Å². The fourth-order valence-electron chi connectivity index (χ4n) is 1.82. The number of aryl methyl sites for hydroxylation is 1. The summed E-state index contributed by atoms with van der Waals surface area (Å²) in [5.41, 5.74) is 3.87. The minimum absolute atomic E-state index is 0.217. The maximum Gasteiger partial charge on any atom is 0.123 e. The molecule has 3 heteroatoms. The van der Waals surface area contributed by atoms with Crippen LogP contribution in [0.15, 0.2) is 47.6 Å². The summed E-state index contributed by atoms with van der Waals surface area (Å²) in [6.45, 7) is 1.89. The molecule has 0 aliphatic rings. The molecule has 2 aromatic rings. The fourth-order valence-corrected chi connectivity index (χ4v) is 1.82. The van der Waals surface area contributed by atoms with Crippen molar-refractivity contribution in [2.24, 2.45) is 10.9 Å². The van der Waals surface area contributed by atoms with Crippen molar-refractivity contribution in [3.05, 3.63) is 59.4 Å². The molecular weight excluding hydrogens is 215 g/mol. The first kappa shape index (κ1) is 11.3. The first-order chi connectivity index (χ1) is 8.20. The van der Waals surface area contributed by atoms with E-state index in [4.69, 9.17) is 5.84 Å². The predicted molar refractivity (Wildman–Crippen MR) is 68.4 cm³/mol. The molecule has 0 aliphatic heterocycles. The number of rotatable bonds is 2. The lowest BCUT2D eigenvalue weighted by Gasteiger charge is -2.06. The Labute approximate surface area is 99.6 Å².